The second kappa shape index (κ2) is 9.25. The minimum atomic E-state index is -3.82. The van der Waals surface area contributed by atoms with Gasteiger partial charge in [0, 0.05) is 19.2 Å². The molecule has 1 aliphatic rings. The van der Waals surface area contributed by atoms with Crippen molar-refractivity contribution in [3.63, 3.8) is 0 Å². The van der Waals surface area contributed by atoms with Gasteiger partial charge in [0.05, 0.1) is 26.6 Å². The summed E-state index contributed by atoms with van der Waals surface area (Å²) in [5.74, 6) is 0.967. The molecule has 1 atom stereocenters. The van der Waals surface area contributed by atoms with Crippen LogP contribution in [0.25, 0.3) is 0 Å². The number of rotatable bonds is 7. The number of methoxy groups -OCH3 is 2. The standard InChI is InChI=1S/C22H24FN3O5S/c1-29-18-9-10-19(30-2)20(13-18)32(27,28)26-11-3-4-16(14-26)22-25-24-21(31-22)12-15-5-7-17(23)8-6-15/h5-10,13,16H,3-4,11-12,14H2,1-2H3. The van der Waals surface area contributed by atoms with Crippen molar-refractivity contribution in [1.29, 1.82) is 0 Å². The number of hydrogen-bond acceptors (Lipinski definition) is 7. The monoisotopic (exact) mass is 461 g/mol. The third-order valence-electron chi connectivity index (χ3n) is 5.47. The predicted molar refractivity (Wildman–Crippen MR) is 114 cm³/mol. The zero-order valence-corrected chi connectivity index (χ0v) is 18.6. The van der Waals surface area contributed by atoms with Crippen molar-refractivity contribution in [3.8, 4) is 11.5 Å². The number of benzene rings is 2. The van der Waals surface area contributed by atoms with E-state index in [1.807, 2.05) is 0 Å². The van der Waals surface area contributed by atoms with Crippen molar-refractivity contribution in [2.45, 2.75) is 30.1 Å². The summed E-state index contributed by atoms with van der Waals surface area (Å²) in [4.78, 5) is 0.0579. The Bertz CT molecular complexity index is 1180. The lowest BCUT2D eigenvalue weighted by molar-refractivity contribution is 0.280. The summed E-state index contributed by atoms with van der Waals surface area (Å²) < 4.78 is 57.6. The molecule has 0 N–H and O–H groups in total. The molecular formula is C22H24FN3O5S. The van der Waals surface area contributed by atoms with Crippen molar-refractivity contribution in [3.05, 3.63) is 65.6 Å². The Morgan fingerprint density at radius 1 is 1.12 bits per heavy atom. The van der Waals surface area contributed by atoms with E-state index >= 15 is 0 Å². The van der Waals surface area contributed by atoms with Crippen molar-refractivity contribution >= 4 is 10.0 Å². The lowest BCUT2D eigenvalue weighted by atomic mass is 10.00. The highest BCUT2D eigenvalue weighted by molar-refractivity contribution is 7.89. The van der Waals surface area contributed by atoms with Crippen molar-refractivity contribution < 1.29 is 26.7 Å². The molecule has 8 nitrogen and oxygen atoms in total. The van der Waals surface area contributed by atoms with Crippen molar-refractivity contribution in [2.75, 3.05) is 27.3 Å². The highest BCUT2D eigenvalue weighted by Gasteiger charge is 2.35. The SMILES string of the molecule is COc1ccc(OC)c(S(=O)(=O)N2CCCC(c3nnc(Cc4ccc(F)cc4)o3)C2)c1. The normalized spacial score (nSPS) is 17.3. The molecule has 0 radical (unpaired) electrons. The van der Waals surface area contributed by atoms with Gasteiger partial charge in [-0.25, -0.2) is 12.8 Å². The Balaban J connectivity index is 1.52. The maximum Gasteiger partial charge on any atom is 0.246 e. The molecule has 0 bridgehead atoms. The lowest BCUT2D eigenvalue weighted by Crippen LogP contribution is -2.39. The molecule has 170 valence electrons. The smallest absolute Gasteiger partial charge is 0.246 e. The number of nitrogens with zero attached hydrogens (tertiary/aromatic N) is 3. The zero-order valence-electron chi connectivity index (χ0n) is 17.8. The molecule has 1 aromatic heterocycles. The van der Waals surface area contributed by atoms with E-state index in [4.69, 9.17) is 13.9 Å². The van der Waals surface area contributed by atoms with E-state index in [2.05, 4.69) is 10.2 Å². The Labute approximate surface area is 186 Å². The second-order valence-corrected chi connectivity index (χ2v) is 9.46. The summed E-state index contributed by atoms with van der Waals surface area (Å²) in [6.45, 7) is 0.608. The van der Waals surface area contributed by atoms with Gasteiger partial charge in [-0.2, -0.15) is 4.31 Å². The molecule has 1 unspecified atom stereocenters. The number of ether oxygens (including phenoxy) is 2. The molecule has 1 fully saturated rings. The molecule has 10 heteroatoms. The molecule has 4 rings (SSSR count). The minimum Gasteiger partial charge on any atom is -0.497 e. The average molecular weight is 462 g/mol. The largest absolute Gasteiger partial charge is 0.497 e. The topological polar surface area (TPSA) is 94.8 Å². The zero-order chi connectivity index (χ0) is 22.7. The fourth-order valence-electron chi connectivity index (χ4n) is 3.77. The van der Waals surface area contributed by atoms with Crippen LogP contribution in [0.5, 0.6) is 11.5 Å². The molecule has 32 heavy (non-hydrogen) atoms. The highest BCUT2D eigenvalue weighted by Crippen LogP contribution is 2.34. The highest BCUT2D eigenvalue weighted by atomic mass is 32.2. The van der Waals surface area contributed by atoms with E-state index in [1.54, 1.807) is 24.3 Å². The van der Waals surface area contributed by atoms with Gasteiger partial charge in [0.1, 0.15) is 22.2 Å². The van der Waals surface area contributed by atoms with Crippen LogP contribution < -0.4 is 9.47 Å². The van der Waals surface area contributed by atoms with Gasteiger partial charge in [0.2, 0.25) is 21.8 Å². The third kappa shape index (κ3) is 4.61. The van der Waals surface area contributed by atoms with E-state index in [9.17, 15) is 12.8 Å². The van der Waals surface area contributed by atoms with Crippen LogP contribution in [0.15, 0.2) is 51.8 Å². The summed E-state index contributed by atoms with van der Waals surface area (Å²) in [7, 11) is -0.909. The average Bonchev–Trinajstić information content (AvgIpc) is 3.28. The van der Waals surface area contributed by atoms with Crippen LogP contribution in [0.1, 0.15) is 36.1 Å². The molecule has 1 saturated heterocycles. The lowest BCUT2D eigenvalue weighted by Gasteiger charge is -2.30. The summed E-state index contributed by atoms with van der Waals surface area (Å²) in [6, 6.07) is 10.8. The minimum absolute atomic E-state index is 0.0579. The predicted octanol–water partition coefficient (Wildman–Crippen LogP) is 3.39. The van der Waals surface area contributed by atoms with Crippen LogP contribution in [-0.2, 0) is 16.4 Å². The van der Waals surface area contributed by atoms with E-state index in [-0.39, 0.29) is 28.9 Å². The van der Waals surface area contributed by atoms with Crippen LogP contribution in [0, 0.1) is 5.82 Å². The van der Waals surface area contributed by atoms with Crippen LogP contribution >= 0.6 is 0 Å². The summed E-state index contributed by atoms with van der Waals surface area (Å²) in [5, 5.41) is 8.24. The first-order valence-corrected chi connectivity index (χ1v) is 11.6. The first-order chi connectivity index (χ1) is 15.4. The summed E-state index contributed by atoms with van der Waals surface area (Å²) >= 11 is 0. The Morgan fingerprint density at radius 2 is 1.91 bits per heavy atom. The van der Waals surface area contributed by atoms with E-state index in [1.165, 1.54) is 36.7 Å². The Kier molecular flexibility index (Phi) is 6.43. The van der Waals surface area contributed by atoms with E-state index < -0.39 is 10.0 Å². The van der Waals surface area contributed by atoms with Gasteiger partial charge in [-0.1, -0.05) is 12.1 Å². The molecular weight excluding hydrogens is 437 g/mol. The quantitative estimate of drug-likeness (QED) is 0.532. The fraction of sp³-hybridized carbons (Fsp3) is 0.364. The number of aromatic nitrogens is 2. The first kappa shape index (κ1) is 22.2. The molecule has 0 amide bonds. The van der Waals surface area contributed by atoms with Crippen LogP contribution in [-0.4, -0.2) is 50.2 Å². The van der Waals surface area contributed by atoms with E-state index in [0.717, 1.165) is 12.0 Å². The van der Waals surface area contributed by atoms with E-state index in [0.29, 0.717) is 36.9 Å². The van der Waals surface area contributed by atoms with Gasteiger partial charge in [-0.15, -0.1) is 10.2 Å². The molecule has 0 spiro atoms. The third-order valence-corrected chi connectivity index (χ3v) is 7.36. The first-order valence-electron chi connectivity index (χ1n) is 10.2. The van der Waals surface area contributed by atoms with Gasteiger partial charge in [-0.05, 0) is 42.7 Å². The fourth-order valence-corrected chi connectivity index (χ4v) is 5.46. The maximum atomic E-state index is 13.4. The summed E-state index contributed by atoms with van der Waals surface area (Å²) in [5.41, 5.74) is 0.847. The summed E-state index contributed by atoms with van der Waals surface area (Å²) in [6.07, 6.45) is 1.77. The van der Waals surface area contributed by atoms with Gasteiger partial charge < -0.3 is 13.9 Å². The Hall–Kier alpha value is -2.98. The number of halogens is 1. The van der Waals surface area contributed by atoms with Crippen molar-refractivity contribution in [1.82, 2.24) is 14.5 Å². The number of hydrogen-bond donors (Lipinski definition) is 0. The van der Waals surface area contributed by atoms with Gasteiger partial charge in [0.25, 0.3) is 0 Å². The second-order valence-electron chi connectivity index (χ2n) is 7.56. The van der Waals surface area contributed by atoms with Gasteiger partial charge in [-0.3, -0.25) is 0 Å². The number of piperidine rings is 1. The van der Waals surface area contributed by atoms with Gasteiger partial charge in [0.15, 0.2) is 0 Å². The molecule has 3 aromatic rings. The van der Waals surface area contributed by atoms with Crippen molar-refractivity contribution in [2.24, 2.45) is 0 Å². The molecule has 1 aliphatic heterocycles. The molecule has 2 aromatic carbocycles. The van der Waals surface area contributed by atoms with Crippen LogP contribution in [0.2, 0.25) is 0 Å². The van der Waals surface area contributed by atoms with Crippen LogP contribution in [0.4, 0.5) is 4.39 Å². The Morgan fingerprint density at radius 3 is 2.62 bits per heavy atom. The van der Waals surface area contributed by atoms with Crippen LogP contribution in [0.3, 0.4) is 0 Å². The molecule has 0 saturated carbocycles. The van der Waals surface area contributed by atoms with Gasteiger partial charge >= 0.3 is 0 Å². The molecule has 0 aliphatic carbocycles. The molecule has 2 heterocycles. The number of sulfonamides is 1. The maximum absolute atomic E-state index is 13.4.